The van der Waals surface area contributed by atoms with Crippen molar-refractivity contribution in [1.82, 2.24) is 5.32 Å². The lowest BCUT2D eigenvalue weighted by molar-refractivity contribution is -0.119. The lowest BCUT2D eigenvalue weighted by Crippen LogP contribution is -2.29. The highest BCUT2D eigenvalue weighted by Gasteiger charge is 2.25. The van der Waals surface area contributed by atoms with Crippen LogP contribution in [-0.4, -0.2) is 24.4 Å². The second-order valence-electron chi connectivity index (χ2n) is 4.92. The fraction of sp³-hybridized carbons (Fsp3) is 0.429. The maximum atomic E-state index is 12.0. The minimum absolute atomic E-state index is 0. The summed E-state index contributed by atoms with van der Waals surface area (Å²) in [5.74, 6) is -0.590. The Morgan fingerprint density at radius 1 is 1.35 bits per heavy atom. The Bertz CT molecular complexity index is 489. The number of amides is 2. The van der Waals surface area contributed by atoms with E-state index in [0.717, 1.165) is 12.8 Å². The lowest BCUT2D eigenvalue weighted by Gasteiger charge is -2.13. The van der Waals surface area contributed by atoms with Crippen molar-refractivity contribution in [3.63, 3.8) is 0 Å². The molecule has 1 aliphatic rings. The van der Waals surface area contributed by atoms with Gasteiger partial charge in [-0.25, -0.2) is 0 Å². The Morgan fingerprint density at radius 3 is 2.60 bits per heavy atom. The van der Waals surface area contributed by atoms with E-state index in [1.807, 2.05) is 0 Å². The quantitative estimate of drug-likeness (QED) is 0.770. The van der Waals surface area contributed by atoms with Crippen molar-refractivity contribution in [2.24, 2.45) is 11.7 Å². The minimum Gasteiger partial charge on any atom is -0.349 e. The number of halogens is 1. The van der Waals surface area contributed by atoms with Gasteiger partial charge in [-0.1, -0.05) is 19.1 Å². The van der Waals surface area contributed by atoms with E-state index < -0.39 is 0 Å². The van der Waals surface area contributed by atoms with Gasteiger partial charge in [0.1, 0.15) is 0 Å². The second-order valence-corrected chi connectivity index (χ2v) is 4.92. The van der Waals surface area contributed by atoms with Gasteiger partial charge in [0, 0.05) is 18.5 Å². The number of benzene rings is 1. The zero-order valence-corrected chi connectivity index (χ0v) is 12.2. The SMILES string of the molecule is CC(CN)C(=O)Nc1ccccc1C(=O)NC1CC1.Cl. The maximum Gasteiger partial charge on any atom is 0.253 e. The van der Waals surface area contributed by atoms with E-state index in [1.165, 1.54) is 0 Å². The van der Waals surface area contributed by atoms with Crippen LogP contribution in [0.3, 0.4) is 0 Å². The molecule has 1 unspecified atom stereocenters. The van der Waals surface area contributed by atoms with Gasteiger partial charge in [0.2, 0.25) is 5.91 Å². The van der Waals surface area contributed by atoms with E-state index in [2.05, 4.69) is 10.6 Å². The van der Waals surface area contributed by atoms with Crippen molar-refractivity contribution in [3.8, 4) is 0 Å². The van der Waals surface area contributed by atoms with Crippen molar-refractivity contribution >= 4 is 29.9 Å². The predicted octanol–water partition coefficient (Wildman–Crippen LogP) is 1.53. The van der Waals surface area contributed by atoms with Gasteiger partial charge in [0.25, 0.3) is 5.91 Å². The molecule has 5 nitrogen and oxygen atoms in total. The number of carbonyl (C=O) groups excluding carboxylic acids is 2. The van der Waals surface area contributed by atoms with Crippen molar-refractivity contribution in [1.29, 1.82) is 0 Å². The van der Waals surface area contributed by atoms with Crippen LogP contribution in [0.4, 0.5) is 5.69 Å². The highest BCUT2D eigenvalue weighted by Crippen LogP contribution is 2.21. The Hall–Kier alpha value is -1.59. The lowest BCUT2D eigenvalue weighted by atomic mass is 10.1. The number of carbonyl (C=O) groups is 2. The van der Waals surface area contributed by atoms with Crippen LogP contribution in [0.1, 0.15) is 30.1 Å². The fourth-order valence-corrected chi connectivity index (χ4v) is 1.64. The molecule has 0 aliphatic heterocycles. The molecule has 1 saturated carbocycles. The number of nitrogens with two attached hydrogens (primary N) is 1. The van der Waals surface area contributed by atoms with Crippen LogP contribution < -0.4 is 16.4 Å². The van der Waals surface area contributed by atoms with Gasteiger partial charge in [-0.15, -0.1) is 12.4 Å². The second kappa shape index (κ2) is 7.26. The average Bonchev–Trinajstić information content (AvgIpc) is 3.22. The molecule has 2 amide bonds. The van der Waals surface area contributed by atoms with Crippen LogP contribution in [0.15, 0.2) is 24.3 Å². The van der Waals surface area contributed by atoms with E-state index in [0.29, 0.717) is 17.3 Å². The Balaban J connectivity index is 0.00000200. The molecule has 0 bridgehead atoms. The van der Waals surface area contributed by atoms with Crippen LogP contribution in [0.2, 0.25) is 0 Å². The first-order valence-electron chi connectivity index (χ1n) is 6.52. The molecule has 0 heterocycles. The summed E-state index contributed by atoms with van der Waals surface area (Å²) >= 11 is 0. The minimum atomic E-state index is -0.278. The molecule has 1 aliphatic carbocycles. The van der Waals surface area contributed by atoms with Crippen LogP contribution in [-0.2, 0) is 4.79 Å². The molecule has 1 aromatic rings. The largest absolute Gasteiger partial charge is 0.349 e. The summed E-state index contributed by atoms with van der Waals surface area (Å²) in [4.78, 5) is 23.9. The Kier molecular flexibility index (Phi) is 5.98. The molecule has 4 N–H and O–H groups in total. The highest BCUT2D eigenvalue weighted by molar-refractivity contribution is 6.04. The number of anilines is 1. The number of para-hydroxylation sites is 1. The van der Waals surface area contributed by atoms with E-state index >= 15 is 0 Å². The van der Waals surface area contributed by atoms with Gasteiger partial charge in [-0.3, -0.25) is 9.59 Å². The summed E-state index contributed by atoms with van der Waals surface area (Å²) < 4.78 is 0. The third kappa shape index (κ3) is 4.21. The van der Waals surface area contributed by atoms with Gasteiger partial charge >= 0.3 is 0 Å². The van der Waals surface area contributed by atoms with Crippen LogP contribution in [0.25, 0.3) is 0 Å². The molecule has 110 valence electrons. The van der Waals surface area contributed by atoms with Crippen molar-refractivity contribution in [2.45, 2.75) is 25.8 Å². The molecule has 0 aromatic heterocycles. The molecular formula is C14H20ClN3O2. The highest BCUT2D eigenvalue weighted by atomic mass is 35.5. The third-order valence-corrected chi connectivity index (χ3v) is 3.14. The average molecular weight is 298 g/mol. The molecule has 0 spiro atoms. The van der Waals surface area contributed by atoms with Gasteiger partial charge in [-0.05, 0) is 25.0 Å². The molecule has 6 heteroatoms. The number of rotatable bonds is 5. The van der Waals surface area contributed by atoms with Crippen LogP contribution in [0, 0.1) is 5.92 Å². The Morgan fingerprint density at radius 2 is 2.00 bits per heavy atom. The first-order valence-corrected chi connectivity index (χ1v) is 6.52. The van der Waals surface area contributed by atoms with E-state index in [1.54, 1.807) is 31.2 Å². The number of hydrogen-bond acceptors (Lipinski definition) is 3. The summed E-state index contributed by atoms with van der Waals surface area (Å²) in [6, 6.07) is 7.29. The van der Waals surface area contributed by atoms with E-state index in [4.69, 9.17) is 5.73 Å². The van der Waals surface area contributed by atoms with Gasteiger partial charge in [0.15, 0.2) is 0 Å². The normalized spacial score (nSPS) is 14.9. The first-order chi connectivity index (χ1) is 9.11. The zero-order chi connectivity index (χ0) is 13.8. The van der Waals surface area contributed by atoms with Crippen LogP contribution >= 0.6 is 12.4 Å². The summed E-state index contributed by atoms with van der Waals surface area (Å²) in [6.45, 7) is 2.03. The monoisotopic (exact) mass is 297 g/mol. The standard InChI is InChI=1S/C14H19N3O2.ClH/c1-9(8-15)13(18)17-12-5-3-2-4-11(12)14(19)16-10-6-7-10;/h2-5,9-10H,6-8,15H2,1H3,(H,16,19)(H,17,18);1H. The predicted molar refractivity (Wildman–Crippen MR) is 81.0 cm³/mol. The van der Waals surface area contributed by atoms with Gasteiger partial charge < -0.3 is 16.4 Å². The number of nitrogens with one attached hydrogen (secondary N) is 2. The maximum absolute atomic E-state index is 12.0. The summed E-state index contributed by atoms with van der Waals surface area (Å²) in [5.41, 5.74) is 6.48. The van der Waals surface area contributed by atoms with Gasteiger partial charge in [0.05, 0.1) is 11.3 Å². The van der Waals surface area contributed by atoms with E-state index in [9.17, 15) is 9.59 Å². The van der Waals surface area contributed by atoms with Gasteiger partial charge in [-0.2, -0.15) is 0 Å². The topological polar surface area (TPSA) is 84.2 Å². The zero-order valence-electron chi connectivity index (χ0n) is 11.4. The molecule has 1 aromatic carbocycles. The summed E-state index contributed by atoms with van der Waals surface area (Å²) in [6.07, 6.45) is 2.06. The molecule has 0 radical (unpaired) electrons. The molecule has 0 saturated heterocycles. The van der Waals surface area contributed by atoms with Crippen molar-refractivity contribution in [3.05, 3.63) is 29.8 Å². The van der Waals surface area contributed by atoms with Crippen molar-refractivity contribution in [2.75, 3.05) is 11.9 Å². The molecule has 2 rings (SSSR count). The fourth-order valence-electron chi connectivity index (χ4n) is 1.64. The van der Waals surface area contributed by atoms with Crippen molar-refractivity contribution < 1.29 is 9.59 Å². The summed E-state index contributed by atoms with van der Waals surface area (Å²) in [7, 11) is 0. The third-order valence-electron chi connectivity index (χ3n) is 3.14. The first kappa shape index (κ1) is 16.5. The van der Waals surface area contributed by atoms with Crippen LogP contribution in [0.5, 0.6) is 0 Å². The number of hydrogen-bond donors (Lipinski definition) is 3. The molecule has 20 heavy (non-hydrogen) atoms. The molecule has 1 fully saturated rings. The summed E-state index contributed by atoms with van der Waals surface area (Å²) in [5, 5.41) is 5.67. The molecule has 1 atom stereocenters. The molecular weight excluding hydrogens is 278 g/mol. The Labute approximate surface area is 124 Å². The smallest absolute Gasteiger partial charge is 0.253 e. The van der Waals surface area contributed by atoms with E-state index in [-0.39, 0.29) is 36.7 Å².